The van der Waals surface area contributed by atoms with Gasteiger partial charge in [0.25, 0.3) is 5.91 Å². The summed E-state index contributed by atoms with van der Waals surface area (Å²) in [6.45, 7) is 5.38. The zero-order valence-electron chi connectivity index (χ0n) is 31.7. The van der Waals surface area contributed by atoms with Crippen LogP contribution in [0.15, 0.2) is 36.4 Å². The number of hydrogen-bond donors (Lipinski definition) is 3. The molecule has 1 aromatic heterocycles. The van der Waals surface area contributed by atoms with Gasteiger partial charge in [-0.15, -0.1) is 0 Å². The fourth-order valence-electron chi connectivity index (χ4n) is 8.62. The molecule has 2 saturated carbocycles. The lowest BCUT2D eigenvalue weighted by Crippen LogP contribution is -2.68. The molecule has 0 radical (unpaired) electrons. The smallest absolute Gasteiger partial charge is 0.408 e. The first-order valence-corrected chi connectivity index (χ1v) is 21.1. The van der Waals surface area contributed by atoms with Gasteiger partial charge in [0.15, 0.2) is 5.54 Å². The maximum absolute atomic E-state index is 14.8. The van der Waals surface area contributed by atoms with Crippen LogP contribution < -0.4 is 20.1 Å². The van der Waals surface area contributed by atoms with Crippen LogP contribution in [0.3, 0.4) is 0 Å². The van der Waals surface area contributed by atoms with Crippen LogP contribution in [0.1, 0.15) is 102 Å². The number of nitrogens with zero attached hydrogens (tertiary/aromatic N) is 2. The second-order valence-electron chi connectivity index (χ2n) is 16.9. The highest BCUT2D eigenvalue weighted by atomic mass is 32.2. The molecule has 0 unspecified atom stereocenters. The summed E-state index contributed by atoms with van der Waals surface area (Å²) in [5.41, 5.74) is -0.885. The molecule has 3 fully saturated rings. The Morgan fingerprint density at radius 2 is 1.84 bits per heavy atom. The summed E-state index contributed by atoms with van der Waals surface area (Å²) in [4.78, 5) is 63.1. The van der Waals surface area contributed by atoms with Gasteiger partial charge in [0.2, 0.25) is 21.8 Å². The van der Waals surface area contributed by atoms with Crippen LogP contribution in [-0.2, 0) is 35.6 Å². The monoisotopic (exact) mass is 771 g/mol. The van der Waals surface area contributed by atoms with E-state index in [1.807, 2.05) is 44.2 Å². The van der Waals surface area contributed by atoms with E-state index >= 15 is 0 Å². The lowest BCUT2D eigenvalue weighted by molar-refractivity contribution is -0.142. The number of hydrogen-bond acceptors (Lipinski definition) is 9. The Hall–Kier alpha value is -4.64. The molecule has 1 saturated heterocycles. The summed E-state index contributed by atoms with van der Waals surface area (Å²) >= 11 is 0. The van der Waals surface area contributed by atoms with Gasteiger partial charge >= 0.3 is 6.09 Å². The summed E-state index contributed by atoms with van der Waals surface area (Å²) in [6, 6.07) is 5.74. The highest BCUT2D eigenvalue weighted by Crippen LogP contribution is 2.46. The molecule has 6 aliphatic rings. The predicted octanol–water partition coefficient (Wildman–Crippen LogP) is 4.25. The van der Waals surface area contributed by atoms with Crippen molar-refractivity contribution in [1.82, 2.24) is 25.2 Å². The summed E-state index contributed by atoms with van der Waals surface area (Å²) in [7, 11) is -4.06. The average molecular weight is 772 g/mol. The SMILES string of the molecule is Cc1nc2ccccc2c2c1O[C@]1(CC2)C[C@H]2C(=O)N[C@]3(C(=O)NS(=O)(=O)C4(C)CC4)C#C[C@H]3/C=C\CCCCC[C@H](NC(=O)OC3(C)CCC3)C(=O)N2C1. The fourth-order valence-corrected chi connectivity index (χ4v) is 9.92. The molecule has 3 N–H and O–H groups in total. The maximum atomic E-state index is 14.8. The zero-order chi connectivity index (χ0) is 38.8. The first-order chi connectivity index (χ1) is 26.2. The van der Waals surface area contributed by atoms with Crippen molar-refractivity contribution >= 4 is 44.7 Å². The second-order valence-corrected chi connectivity index (χ2v) is 19.1. The van der Waals surface area contributed by atoms with Crippen molar-refractivity contribution in [2.75, 3.05) is 6.54 Å². The molecular weight excluding hydrogens is 723 g/mol. The Bertz CT molecular complexity index is 2170. The van der Waals surface area contributed by atoms with Gasteiger partial charge < -0.3 is 25.0 Å². The van der Waals surface area contributed by atoms with Crippen LogP contribution in [-0.4, -0.2) is 82.2 Å². The van der Waals surface area contributed by atoms with Gasteiger partial charge in [0, 0.05) is 17.4 Å². The minimum Gasteiger partial charge on any atom is -0.483 e. The topological polar surface area (TPSA) is 173 Å². The van der Waals surface area contributed by atoms with Gasteiger partial charge in [-0.05, 0) is 91.0 Å². The molecule has 4 heterocycles. The van der Waals surface area contributed by atoms with Crippen LogP contribution in [0.2, 0.25) is 0 Å². The Labute approximate surface area is 321 Å². The molecule has 4 amide bonds. The van der Waals surface area contributed by atoms with Crippen LogP contribution in [0.25, 0.3) is 10.9 Å². The first kappa shape index (κ1) is 37.3. The molecule has 5 atom stereocenters. The quantitative estimate of drug-likeness (QED) is 0.297. The fraction of sp³-hybridized carbons (Fsp3) is 0.585. The van der Waals surface area contributed by atoms with Crippen molar-refractivity contribution < 1.29 is 37.1 Å². The van der Waals surface area contributed by atoms with E-state index in [2.05, 4.69) is 27.2 Å². The Balaban J connectivity index is 1.14. The predicted molar refractivity (Wildman–Crippen MR) is 203 cm³/mol. The van der Waals surface area contributed by atoms with Gasteiger partial charge in [-0.1, -0.05) is 55.0 Å². The van der Waals surface area contributed by atoms with Crippen LogP contribution >= 0.6 is 0 Å². The summed E-state index contributed by atoms with van der Waals surface area (Å²) in [5, 5.41) is 6.68. The van der Waals surface area contributed by atoms with Crippen molar-refractivity contribution in [2.24, 2.45) is 5.92 Å². The number of amides is 4. The first-order valence-electron chi connectivity index (χ1n) is 19.6. The number of nitrogens with one attached hydrogen (secondary N) is 3. The lowest BCUT2D eigenvalue weighted by Gasteiger charge is -2.39. The summed E-state index contributed by atoms with van der Waals surface area (Å²) in [5.74, 6) is 3.56. The highest BCUT2D eigenvalue weighted by molar-refractivity contribution is 7.91. The normalized spacial score (nSPS) is 31.2. The van der Waals surface area contributed by atoms with Crippen molar-refractivity contribution in [3.8, 4) is 17.6 Å². The van der Waals surface area contributed by atoms with E-state index in [0.717, 1.165) is 48.6 Å². The average Bonchev–Trinajstić information content (AvgIpc) is 3.79. The molecular formula is C41H49N5O8S. The molecule has 55 heavy (non-hydrogen) atoms. The number of ether oxygens (including phenoxy) is 2. The lowest BCUT2D eigenvalue weighted by atomic mass is 9.75. The van der Waals surface area contributed by atoms with E-state index < -0.39 is 73.3 Å². The molecule has 1 spiro atoms. The van der Waals surface area contributed by atoms with Crippen LogP contribution in [0.4, 0.5) is 4.79 Å². The number of allylic oxidation sites excluding steroid dienone is 1. The molecule has 3 aliphatic carbocycles. The molecule has 13 nitrogen and oxygen atoms in total. The minimum atomic E-state index is -4.06. The van der Waals surface area contributed by atoms with E-state index in [1.165, 1.54) is 4.90 Å². The Morgan fingerprint density at radius 1 is 1.05 bits per heavy atom. The summed E-state index contributed by atoms with van der Waals surface area (Å²) in [6.07, 6.45) is 10.6. The van der Waals surface area contributed by atoms with Gasteiger partial charge in [-0.25, -0.2) is 22.9 Å². The maximum Gasteiger partial charge on any atom is 0.408 e. The molecule has 0 bridgehead atoms. The third-order valence-corrected chi connectivity index (χ3v) is 14.8. The van der Waals surface area contributed by atoms with Gasteiger partial charge in [-0.3, -0.25) is 14.4 Å². The number of sulfonamides is 1. The Morgan fingerprint density at radius 3 is 2.55 bits per heavy atom. The number of carbonyl (C=O) groups excluding carboxylic acids is 4. The third kappa shape index (κ3) is 6.72. The van der Waals surface area contributed by atoms with E-state index in [9.17, 15) is 27.6 Å². The number of aromatic nitrogens is 1. The van der Waals surface area contributed by atoms with Crippen molar-refractivity contribution in [2.45, 2.75) is 138 Å². The van der Waals surface area contributed by atoms with Crippen LogP contribution in [0.5, 0.6) is 5.75 Å². The number of rotatable bonds is 5. The number of fused-ring (bicyclic) bond motifs is 5. The second kappa shape index (κ2) is 13.5. The molecule has 2 aromatic rings. The number of carbonyl (C=O) groups is 4. The zero-order valence-corrected chi connectivity index (χ0v) is 32.5. The van der Waals surface area contributed by atoms with Crippen molar-refractivity contribution in [3.63, 3.8) is 0 Å². The highest BCUT2D eigenvalue weighted by Gasteiger charge is 2.58. The molecule has 1 aromatic carbocycles. The van der Waals surface area contributed by atoms with E-state index in [4.69, 9.17) is 14.5 Å². The van der Waals surface area contributed by atoms with Crippen molar-refractivity contribution in [1.29, 1.82) is 0 Å². The largest absolute Gasteiger partial charge is 0.483 e. The number of alkyl carbamates (subject to hydrolysis) is 1. The van der Waals surface area contributed by atoms with Crippen LogP contribution in [0, 0.1) is 24.7 Å². The van der Waals surface area contributed by atoms with Crippen molar-refractivity contribution in [3.05, 3.63) is 47.7 Å². The molecule has 14 heteroatoms. The van der Waals surface area contributed by atoms with E-state index in [1.54, 1.807) is 13.0 Å². The number of aryl methyl sites for hydroxylation is 2. The number of benzene rings is 1. The van der Waals surface area contributed by atoms with E-state index in [0.29, 0.717) is 56.4 Å². The third-order valence-electron chi connectivity index (χ3n) is 12.7. The standard InChI is InChI=1S/C41H49N5O8S/c1-26-33-29(28-13-9-10-14-30(28)42-26)17-20-40(53-33)24-32-34(47)44-41(36(49)45-55(51,52)39(3)22-23-39)21-16-27(41)12-7-5-4-6-8-15-31(35(48)46(32)25-40)43-37(50)54-38(2)18-11-19-38/h7,9-10,12-14,27,31-32H,4-6,8,11,15,17-20,22-25H2,1-3H3,(H,43,50)(H,44,47)(H,45,49)/b12-7-/t27-,31+,32+,40-,41-/m1/s1. The van der Waals surface area contributed by atoms with Gasteiger partial charge in [0.1, 0.15) is 29.0 Å². The van der Waals surface area contributed by atoms with Gasteiger partial charge in [-0.2, -0.15) is 0 Å². The summed E-state index contributed by atoms with van der Waals surface area (Å²) < 4.78 is 40.3. The minimum absolute atomic E-state index is 0.0432. The molecule has 292 valence electrons. The molecule has 8 rings (SSSR count). The Kier molecular flexibility index (Phi) is 9.18. The van der Waals surface area contributed by atoms with Gasteiger partial charge in [0.05, 0.1) is 28.4 Å². The van der Waals surface area contributed by atoms with E-state index in [-0.39, 0.29) is 13.0 Å². The number of pyridine rings is 1. The number of para-hydroxylation sites is 1. The molecule has 3 aliphatic heterocycles.